The van der Waals surface area contributed by atoms with Crippen molar-refractivity contribution in [3.8, 4) is 0 Å². The molecule has 0 spiro atoms. The Morgan fingerprint density at radius 2 is 1.62 bits per heavy atom. The van der Waals surface area contributed by atoms with Gasteiger partial charge in [0.15, 0.2) is 0 Å². The monoisotopic (exact) mass is 289 g/mol. The van der Waals surface area contributed by atoms with Crippen molar-refractivity contribution in [2.24, 2.45) is 0 Å². The molecule has 3 amide bonds. The summed E-state index contributed by atoms with van der Waals surface area (Å²) in [5.41, 5.74) is 5.87. The van der Waals surface area contributed by atoms with Crippen LogP contribution in [0.1, 0.15) is 48.5 Å². The fourth-order valence-electron chi connectivity index (χ4n) is 1.74. The molecule has 0 aliphatic heterocycles. The molecule has 0 atom stereocenters. The van der Waals surface area contributed by atoms with Crippen molar-refractivity contribution in [2.45, 2.75) is 38.6 Å². The Morgan fingerprint density at radius 3 is 2.14 bits per heavy atom. The number of amides is 3. The molecule has 0 saturated heterocycles. The second-order valence-corrected chi connectivity index (χ2v) is 5.43. The van der Waals surface area contributed by atoms with E-state index in [0.717, 1.165) is 18.4 Å². The summed E-state index contributed by atoms with van der Waals surface area (Å²) in [6.07, 6.45) is 1.79. The number of hydrogen-bond donors (Lipinski definition) is 3. The molecule has 3 N–H and O–H groups in total. The van der Waals surface area contributed by atoms with Crippen LogP contribution < -0.4 is 16.2 Å². The fourth-order valence-corrected chi connectivity index (χ4v) is 1.74. The third-order valence-corrected chi connectivity index (χ3v) is 3.25. The molecule has 0 heterocycles. The molecule has 6 heteroatoms. The Kier molecular flexibility index (Phi) is 4.57. The van der Waals surface area contributed by atoms with Gasteiger partial charge in [-0.15, -0.1) is 0 Å². The average Bonchev–Trinajstić information content (AvgIpc) is 3.28. The largest absolute Gasteiger partial charge is 0.345 e. The molecule has 0 bridgehead atoms. The van der Waals surface area contributed by atoms with Crippen LogP contribution in [0.15, 0.2) is 24.3 Å². The van der Waals surface area contributed by atoms with Gasteiger partial charge < -0.3 is 5.32 Å². The highest BCUT2D eigenvalue weighted by atomic mass is 16.2. The van der Waals surface area contributed by atoms with E-state index in [-0.39, 0.29) is 6.04 Å². The Bertz CT molecular complexity index is 548. The Balaban J connectivity index is 1.83. The lowest BCUT2D eigenvalue weighted by Gasteiger charge is -2.09. The quantitative estimate of drug-likeness (QED) is 0.569. The zero-order chi connectivity index (χ0) is 15.4. The number of carbonyl (C=O) groups excluding carboxylic acids is 3. The summed E-state index contributed by atoms with van der Waals surface area (Å²) < 4.78 is 0. The zero-order valence-electron chi connectivity index (χ0n) is 12.1. The third-order valence-electron chi connectivity index (χ3n) is 3.25. The number of hydrazine groups is 1. The maximum absolute atomic E-state index is 11.8. The minimum Gasteiger partial charge on any atom is -0.345 e. The summed E-state index contributed by atoms with van der Waals surface area (Å²) >= 11 is 0. The second-order valence-electron chi connectivity index (χ2n) is 5.43. The van der Waals surface area contributed by atoms with Gasteiger partial charge in [-0.2, -0.15) is 0 Å². The molecule has 6 nitrogen and oxygen atoms in total. The standard InChI is InChI=1S/C15H19N3O3/c1-9(2)10-3-5-11(6-4-10)13(19)17-18-15(21)14(20)16-12-7-8-12/h3-6,9,12H,7-8H2,1-2H3,(H,16,20)(H,17,19)(H,18,21). The number of hydrogen-bond acceptors (Lipinski definition) is 3. The molecular weight excluding hydrogens is 270 g/mol. The van der Waals surface area contributed by atoms with Crippen LogP contribution in [0.2, 0.25) is 0 Å². The molecule has 1 aromatic rings. The average molecular weight is 289 g/mol. The van der Waals surface area contributed by atoms with Crippen molar-refractivity contribution in [1.82, 2.24) is 16.2 Å². The van der Waals surface area contributed by atoms with Gasteiger partial charge in [0.1, 0.15) is 0 Å². The first kappa shape index (κ1) is 15.0. The molecular formula is C15H19N3O3. The van der Waals surface area contributed by atoms with Crippen molar-refractivity contribution in [2.75, 3.05) is 0 Å². The first-order valence-corrected chi connectivity index (χ1v) is 6.98. The van der Waals surface area contributed by atoms with E-state index < -0.39 is 17.7 Å². The van der Waals surface area contributed by atoms with Gasteiger partial charge in [-0.3, -0.25) is 25.2 Å². The fraction of sp³-hybridized carbons (Fsp3) is 0.400. The van der Waals surface area contributed by atoms with Crippen molar-refractivity contribution in [3.05, 3.63) is 35.4 Å². The summed E-state index contributed by atoms with van der Waals surface area (Å²) in [7, 11) is 0. The van der Waals surface area contributed by atoms with E-state index in [2.05, 4.69) is 30.0 Å². The lowest BCUT2D eigenvalue weighted by molar-refractivity contribution is -0.139. The Morgan fingerprint density at radius 1 is 1.00 bits per heavy atom. The van der Waals surface area contributed by atoms with Gasteiger partial charge in [-0.1, -0.05) is 26.0 Å². The van der Waals surface area contributed by atoms with E-state index in [1.165, 1.54) is 0 Å². The van der Waals surface area contributed by atoms with Gasteiger partial charge in [-0.05, 0) is 36.5 Å². The molecule has 0 unspecified atom stereocenters. The molecule has 1 saturated carbocycles. The molecule has 1 aliphatic rings. The Hall–Kier alpha value is -2.37. The van der Waals surface area contributed by atoms with Gasteiger partial charge in [0.2, 0.25) is 0 Å². The van der Waals surface area contributed by atoms with Crippen molar-refractivity contribution >= 4 is 17.7 Å². The highest BCUT2D eigenvalue weighted by Crippen LogP contribution is 2.18. The van der Waals surface area contributed by atoms with Crippen LogP contribution in [0, 0.1) is 0 Å². The first-order valence-electron chi connectivity index (χ1n) is 6.98. The number of carbonyl (C=O) groups is 3. The Labute approximate surface area is 123 Å². The van der Waals surface area contributed by atoms with Gasteiger partial charge >= 0.3 is 11.8 Å². The normalized spacial score (nSPS) is 13.7. The number of benzene rings is 1. The van der Waals surface area contributed by atoms with Crippen LogP contribution in [-0.2, 0) is 9.59 Å². The first-order chi connectivity index (χ1) is 9.97. The van der Waals surface area contributed by atoms with E-state index in [0.29, 0.717) is 11.5 Å². The predicted octanol–water partition coefficient (Wildman–Crippen LogP) is 0.850. The number of nitrogens with one attached hydrogen (secondary N) is 3. The molecule has 2 rings (SSSR count). The highest BCUT2D eigenvalue weighted by Gasteiger charge is 2.26. The molecule has 1 aromatic carbocycles. The minimum atomic E-state index is -0.867. The van der Waals surface area contributed by atoms with Crippen LogP contribution in [-0.4, -0.2) is 23.8 Å². The maximum Gasteiger partial charge on any atom is 0.327 e. The molecule has 112 valence electrons. The summed E-state index contributed by atoms with van der Waals surface area (Å²) in [6.45, 7) is 4.13. The maximum atomic E-state index is 11.8. The van der Waals surface area contributed by atoms with Crippen LogP contribution in [0.5, 0.6) is 0 Å². The van der Waals surface area contributed by atoms with Crippen molar-refractivity contribution in [1.29, 1.82) is 0 Å². The van der Waals surface area contributed by atoms with Crippen LogP contribution in [0.25, 0.3) is 0 Å². The van der Waals surface area contributed by atoms with Crippen LogP contribution in [0.3, 0.4) is 0 Å². The van der Waals surface area contributed by atoms with Crippen LogP contribution >= 0.6 is 0 Å². The molecule has 0 aromatic heterocycles. The van der Waals surface area contributed by atoms with Gasteiger partial charge in [0.05, 0.1) is 0 Å². The topological polar surface area (TPSA) is 87.3 Å². The lowest BCUT2D eigenvalue weighted by atomic mass is 10.0. The zero-order valence-corrected chi connectivity index (χ0v) is 12.1. The van der Waals surface area contributed by atoms with Gasteiger partial charge in [0.25, 0.3) is 5.91 Å². The summed E-state index contributed by atoms with van der Waals surface area (Å²) in [6, 6.07) is 7.19. The van der Waals surface area contributed by atoms with Gasteiger partial charge in [-0.25, -0.2) is 0 Å². The SMILES string of the molecule is CC(C)c1ccc(C(=O)NNC(=O)C(=O)NC2CC2)cc1. The molecule has 1 aliphatic carbocycles. The number of rotatable bonds is 3. The lowest BCUT2D eigenvalue weighted by Crippen LogP contribution is -2.48. The summed E-state index contributed by atoms with van der Waals surface area (Å²) in [4.78, 5) is 34.7. The third kappa shape index (κ3) is 4.30. The van der Waals surface area contributed by atoms with E-state index >= 15 is 0 Å². The van der Waals surface area contributed by atoms with E-state index in [4.69, 9.17) is 0 Å². The van der Waals surface area contributed by atoms with Crippen molar-refractivity contribution < 1.29 is 14.4 Å². The molecule has 1 fully saturated rings. The second kappa shape index (κ2) is 6.39. The van der Waals surface area contributed by atoms with E-state index in [9.17, 15) is 14.4 Å². The van der Waals surface area contributed by atoms with Gasteiger partial charge in [0, 0.05) is 11.6 Å². The minimum absolute atomic E-state index is 0.0996. The highest BCUT2D eigenvalue weighted by molar-refractivity contribution is 6.35. The smallest absolute Gasteiger partial charge is 0.327 e. The van der Waals surface area contributed by atoms with Crippen LogP contribution in [0.4, 0.5) is 0 Å². The molecule has 0 radical (unpaired) electrons. The van der Waals surface area contributed by atoms with Crippen molar-refractivity contribution in [3.63, 3.8) is 0 Å². The predicted molar refractivity (Wildman–Crippen MR) is 77.3 cm³/mol. The molecule has 21 heavy (non-hydrogen) atoms. The summed E-state index contributed by atoms with van der Waals surface area (Å²) in [5.74, 6) is -1.67. The summed E-state index contributed by atoms with van der Waals surface area (Å²) in [5, 5.41) is 2.53. The van der Waals surface area contributed by atoms with E-state index in [1.807, 2.05) is 12.1 Å². The van der Waals surface area contributed by atoms with E-state index in [1.54, 1.807) is 12.1 Å².